The highest BCUT2D eigenvalue weighted by atomic mass is 32.2. The second-order valence-corrected chi connectivity index (χ2v) is 7.85. The fourth-order valence-electron chi connectivity index (χ4n) is 1.74. The Labute approximate surface area is 135 Å². The van der Waals surface area contributed by atoms with Gasteiger partial charge in [0.15, 0.2) is 14.4 Å². The van der Waals surface area contributed by atoms with E-state index in [1.54, 1.807) is 41.1 Å². The molecule has 4 nitrogen and oxygen atoms in total. The van der Waals surface area contributed by atoms with Crippen molar-refractivity contribution in [1.29, 1.82) is 0 Å². The van der Waals surface area contributed by atoms with Gasteiger partial charge in [-0.15, -0.1) is 10.2 Å². The van der Waals surface area contributed by atoms with Crippen molar-refractivity contribution in [2.45, 2.75) is 20.9 Å². The Balaban J connectivity index is 1.73. The van der Waals surface area contributed by atoms with Crippen molar-refractivity contribution < 1.29 is 4.42 Å². The first-order valence-corrected chi connectivity index (χ1v) is 9.23. The first-order valence-electron chi connectivity index (χ1n) is 6.31. The van der Waals surface area contributed by atoms with Crippen LogP contribution in [0.3, 0.4) is 0 Å². The molecule has 1 atom stereocenters. The molecule has 108 valence electrons. The summed E-state index contributed by atoms with van der Waals surface area (Å²) >= 11 is 4.82. The fourth-order valence-corrected chi connectivity index (χ4v) is 4.37. The summed E-state index contributed by atoms with van der Waals surface area (Å²) in [6.45, 7) is 2.06. The van der Waals surface area contributed by atoms with E-state index in [-0.39, 0.29) is 5.25 Å². The Kier molecular flexibility index (Phi) is 4.62. The monoisotopic (exact) mass is 335 g/mol. The van der Waals surface area contributed by atoms with Crippen molar-refractivity contribution in [2.75, 3.05) is 6.26 Å². The molecule has 0 aliphatic carbocycles. The van der Waals surface area contributed by atoms with Crippen molar-refractivity contribution in [3.63, 3.8) is 0 Å². The molecule has 0 aliphatic rings. The molecule has 0 radical (unpaired) electrons. The van der Waals surface area contributed by atoms with E-state index in [1.165, 1.54) is 0 Å². The summed E-state index contributed by atoms with van der Waals surface area (Å²) in [6, 6.07) is 9.98. The average Bonchev–Trinajstić information content (AvgIpc) is 3.17. The van der Waals surface area contributed by atoms with Crippen LogP contribution in [0.4, 0.5) is 0 Å². The molecule has 0 bridgehead atoms. The Morgan fingerprint density at radius 2 is 1.90 bits per heavy atom. The molecule has 3 rings (SSSR count). The summed E-state index contributed by atoms with van der Waals surface area (Å²) < 4.78 is 7.77. The van der Waals surface area contributed by atoms with Gasteiger partial charge in [-0.1, -0.05) is 65.2 Å². The number of thioether (sulfide) groups is 2. The van der Waals surface area contributed by atoms with E-state index < -0.39 is 0 Å². The van der Waals surface area contributed by atoms with Crippen LogP contribution >= 0.6 is 34.9 Å². The first kappa shape index (κ1) is 14.6. The Morgan fingerprint density at radius 1 is 1.14 bits per heavy atom. The maximum atomic E-state index is 5.86. The molecule has 21 heavy (non-hydrogen) atoms. The molecule has 0 amide bonds. The standard InChI is InChI=1S/C14H13N3OS3/c1-9(20-14-17-16-13(19-2)21-14)12-15-8-11(18-12)10-6-4-3-5-7-10/h3-9H,1-2H3. The van der Waals surface area contributed by atoms with Crippen LogP contribution in [0.15, 0.2) is 49.6 Å². The van der Waals surface area contributed by atoms with Gasteiger partial charge in [-0.3, -0.25) is 0 Å². The molecule has 0 saturated carbocycles. The molecule has 1 unspecified atom stereocenters. The zero-order valence-electron chi connectivity index (χ0n) is 11.5. The second kappa shape index (κ2) is 6.64. The van der Waals surface area contributed by atoms with E-state index in [9.17, 15) is 0 Å². The highest BCUT2D eigenvalue weighted by molar-refractivity contribution is 8.03. The average molecular weight is 335 g/mol. The second-order valence-electron chi connectivity index (χ2n) is 4.23. The molecule has 3 aromatic rings. The number of nitrogens with zero attached hydrogens (tertiary/aromatic N) is 3. The van der Waals surface area contributed by atoms with E-state index in [1.807, 2.05) is 36.6 Å². The number of hydrogen-bond donors (Lipinski definition) is 0. The Morgan fingerprint density at radius 3 is 2.62 bits per heavy atom. The van der Waals surface area contributed by atoms with Crippen LogP contribution in [0.25, 0.3) is 11.3 Å². The summed E-state index contributed by atoms with van der Waals surface area (Å²) in [5.41, 5.74) is 1.04. The predicted octanol–water partition coefficient (Wildman–Crippen LogP) is 4.77. The van der Waals surface area contributed by atoms with Crippen molar-refractivity contribution in [3.8, 4) is 11.3 Å². The van der Waals surface area contributed by atoms with Crippen LogP contribution in [0.1, 0.15) is 18.1 Å². The van der Waals surface area contributed by atoms with Crippen LogP contribution < -0.4 is 0 Å². The van der Waals surface area contributed by atoms with Crippen molar-refractivity contribution in [3.05, 3.63) is 42.4 Å². The SMILES string of the molecule is CSc1nnc(SC(C)c2ncc(-c3ccccc3)o2)s1. The lowest BCUT2D eigenvalue weighted by atomic mass is 10.2. The summed E-state index contributed by atoms with van der Waals surface area (Å²) in [7, 11) is 0. The fraction of sp³-hybridized carbons (Fsp3) is 0.214. The zero-order chi connectivity index (χ0) is 14.7. The lowest BCUT2D eigenvalue weighted by Crippen LogP contribution is -1.87. The number of hydrogen-bond acceptors (Lipinski definition) is 7. The maximum Gasteiger partial charge on any atom is 0.208 e. The number of aromatic nitrogens is 3. The summed E-state index contributed by atoms with van der Waals surface area (Å²) in [6.07, 6.45) is 3.77. The van der Waals surface area contributed by atoms with Crippen LogP contribution in [0, 0.1) is 0 Å². The molecule has 0 saturated heterocycles. The van der Waals surface area contributed by atoms with Crippen LogP contribution in [0.2, 0.25) is 0 Å². The Hall–Kier alpha value is -1.31. The molecule has 0 spiro atoms. The van der Waals surface area contributed by atoms with E-state index in [4.69, 9.17) is 4.42 Å². The highest BCUT2D eigenvalue weighted by Crippen LogP contribution is 2.38. The predicted molar refractivity (Wildman–Crippen MR) is 87.9 cm³/mol. The van der Waals surface area contributed by atoms with Gasteiger partial charge in [-0.05, 0) is 13.2 Å². The van der Waals surface area contributed by atoms with Gasteiger partial charge >= 0.3 is 0 Å². The van der Waals surface area contributed by atoms with E-state index in [2.05, 4.69) is 22.1 Å². The van der Waals surface area contributed by atoms with Crippen molar-refractivity contribution >= 4 is 34.9 Å². The third-order valence-corrected chi connectivity index (χ3v) is 5.84. The molecular weight excluding hydrogens is 322 g/mol. The van der Waals surface area contributed by atoms with Gasteiger partial charge in [0.05, 0.1) is 11.4 Å². The number of rotatable bonds is 5. The van der Waals surface area contributed by atoms with Crippen LogP contribution in [-0.2, 0) is 0 Å². The number of oxazole rings is 1. The van der Waals surface area contributed by atoms with E-state index in [0.29, 0.717) is 5.89 Å². The molecule has 0 N–H and O–H groups in total. The number of benzene rings is 1. The normalized spacial score (nSPS) is 12.5. The topological polar surface area (TPSA) is 51.8 Å². The Bertz CT molecular complexity index is 711. The van der Waals surface area contributed by atoms with Gasteiger partial charge in [-0.2, -0.15) is 0 Å². The van der Waals surface area contributed by atoms with Crippen molar-refractivity contribution in [1.82, 2.24) is 15.2 Å². The molecule has 2 aromatic heterocycles. The lowest BCUT2D eigenvalue weighted by molar-refractivity contribution is 0.510. The van der Waals surface area contributed by atoms with E-state index in [0.717, 1.165) is 20.0 Å². The minimum atomic E-state index is 0.102. The van der Waals surface area contributed by atoms with Gasteiger partial charge in [0.2, 0.25) is 5.89 Å². The van der Waals surface area contributed by atoms with E-state index >= 15 is 0 Å². The first-order chi connectivity index (χ1) is 10.3. The summed E-state index contributed by atoms with van der Waals surface area (Å²) in [5, 5.41) is 8.35. The van der Waals surface area contributed by atoms with Crippen molar-refractivity contribution in [2.24, 2.45) is 0 Å². The van der Waals surface area contributed by atoms with Gasteiger partial charge in [0.1, 0.15) is 0 Å². The van der Waals surface area contributed by atoms with Crippen LogP contribution in [-0.4, -0.2) is 21.4 Å². The minimum absolute atomic E-state index is 0.102. The maximum absolute atomic E-state index is 5.86. The molecule has 0 aliphatic heterocycles. The third kappa shape index (κ3) is 3.48. The quantitative estimate of drug-likeness (QED) is 0.626. The van der Waals surface area contributed by atoms with Crippen LogP contribution in [0.5, 0.6) is 0 Å². The van der Waals surface area contributed by atoms with Gasteiger partial charge in [-0.25, -0.2) is 4.98 Å². The summed E-state index contributed by atoms with van der Waals surface area (Å²) in [5.74, 6) is 1.50. The zero-order valence-corrected chi connectivity index (χ0v) is 14.0. The van der Waals surface area contributed by atoms with Gasteiger partial charge in [0, 0.05) is 5.56 Å². The summed E-state index contributed by atoms with van der Waals surface area (Å²) in [4.78, 5) is 4.38. The molecule has 7 heteroatoms. The molecule has 2 heterocycles. The lowest BCUT2D eigenvalue weighted by Gasteiger charge is -2.03. The highest BCUT2D eigenvalue weighted by Gasteiger charge is 2.17. The minimum Gasteiger partial charge on any atom is -0.440 e. The molecule has 1 aromatic carbocycles. The third-order valence-electron chi connectivity index (χ3n) is 2.77. The molecular formula is C14H13N3OS3. The smallest absolute Gasteiger partial charge is 0.208 e. The largest absolute Gasteiger partial charge is 0.440 e. The molecule has 0 fully saturated rings. The van der Waals surface area contributed by atoms with Gasteiger partial charge < -0.3 is 4.42 Å². The van der Waals surface area contributed by atoms with Gasteiger partial charge in [0.25, 0.3) is 0 Å².